The molecule has 0 aliphatic rings. The van der Waals surface area contributed by atoms with Gasteiger partial charge in [-0.1, -0.05) is 19.8 Å². The third kappa shape index (κ3) is 2.27. The lowest BCUT2D eigenvalue weighted by Gasteiger charge is -2.03. The van der Waals surface area contributed by atoms with Crippen LogP contribution in [0.15, 0.2) is 18.3 Å². The van der Waals surface area contributed by atoms with Crippen molar-refractivity contribution < 1.29 is 0 Å². The lowest BCUT2D eigenvalue weighted by atomic mass is 10.2. The number of pyridine rings is 1. The summed E-state index contributed by atoms with van der Waals surface area (Å²) in [5, 5.41) is 0.835. The molecule has 0 atom stereocenters. The molecule has 2 aromatic heterocycles. The first-order valence-corrected chi connectivity index (χ1v) is 5.68. The van der Waals surface area contributed by atoms with Crippen molar-refractivity contribution in [1.29, 1.82) is 0 Å². The van der Waals surface area contributed by atoms with E-state index in [4.69, 9.17) is 5.73 Å². The summed E-state index contributed by atoms with van der Waals surface area (Å²) in [5.41, 5.74) is 6.57. The van der Waals surface area contributed by atoms with Gasteiger partial charge in [0, 0.05) is 12.6 Å². The quantitative estimate of drug-likeness (QED) is 0.797. The zero-order valence-electron chi connectivity index (χ0n) is 9.48. The Morgan fingerprint density at radius 3 is 2.94 bits per heavy atom. The van der Waals surface area contributed by atoms with Crippen LogP contribution < -0.4 is 5.73 Å². The molecule has 0 aromatic carbocycles. The molecular weight excluding hydrogens is 200 g/mol. The van der Waals surface area contributed by atoms with Gasteiger partial charge in [-0.05, 0) is 18.6 Å². The number of nitrogen functional groups attached to an aromatic ring is 1. The van der Waals surface area contributed by atoms with Gasteiger partial charge in [-0.25, -0.2) is 15.0 Å². The fourth-order valence-electron chi connectivity index (χ4n) is 1.68. The predicted molar refractivity (Wildman–Crippen MR) is 65.0 cm³/mol. The average molecular weight is 216 g/mol. The highest BCUT2D eigenvalue weighted by Crippen LogP contribution is 2.15. The molecule has 0 amide bonds. The second-order valence-electron chi connectivity index (χ2n) is 3.86. The van der Waals surface area contributed by atoms with E-state index in [2.05, 4.69) is 21.9 Å². The Balaban J connectivity index is 2.27. The van der Waals surface area contributed by atoms with Gasteiger partial charge in [0.1, 0.15) is 11.6 Å². The number of aromatic nitrogens is 3. The Morgan fingerprint density at radius 2 is 2.12 bits per heavy atom. The SMILES string of the molecule is CCCCCc1nc(N)c2cccnc2n1. The summed E-state index contributed by atoms with van der Waals surface area (Å²) in [5.74, 6) is 1.33. The summed E-state index contributed by atoms with van der Waals surface area (Å²) in [7, 11) is 0. The van der Waals surface area contributed by atoms with Gasteiger partial charge in [0.05, 0.1) is 5.39 Å². The Bertz CT molecular complexity index is 481. The van der Waals surface area contributed by atoms with E-state index < -0.39 is 0 Å². The second-order valence-corrected chi connectivity index (χ2v) is 3.86. The van der Waals surface area contributed by atoms with E-state index in [1.54, 1.807) is 6.20 Å². The van der Waals surface area contributed by atoms with Crippen LogP contribution in [-0.2, 0) is 6.42 Å². The molecule has 0 spiro atoms. The molecule has 0 saturated carbocycles. The van der Waals surface area contributed by atoms with Gasteiger partial charge in [-0.15, -0.1) is 0 Å². The second kappa shape index (κ2) is 4.88. The Kier molecular flexibility index (Phi) is 3.29. The van der Waals surface area contributed by atoms with E-state index >= 15 is 0 Å². The number of nitrogens with zero attached hydrogens (tertiary/aromatic N) is 3. The van der Waals surface area contributed by atoms with Crippen LogP contribution in [0, 0.1) is 0 Å². The molecule has 0 aliphatic carbocycles. The summed E-state index contributed by atoms with van der Waals surface area (Å²) in [6.07, 6.45) is 6.11. The van der Waals surface area contributed by atoms with Crippen LogP contribution in [0.1, 0.15) is 32.0 Å². The van der Waals surface area contributed by atoms with Crippen LogP contribution in [0.25, 0.3) is 11.0 Å². The van der Waals surface area contributed by atoms with Crippen molar-refractivity contribution in [2.45, 2.75) is 32.6 Å². The van der Waals surface area contributed by atoms with Crippen molar-refractivity contribution in [3.8, 4) is 0 Å². The van der Waals surface area contributed by atoms with Gasteiger partial charge in [-0.3, -0.25) is 0 Å². The maximum absolute atomic E-state index is 5.87. The molecule has 0 unspecified atom stereocenters. The highest BCUT2D eigenvalue weighted by atomic mass is 15.0. The molecule has 84 valence electrons. The fraction of sp³-hybridized carbons (Fsp3) is 0.417. The molecule has 2 N–H and O–H groups in total. The molecule has 4 heteroatoms. The molecule has 0 saturated heterocycles. The molecule has 0 bridgehead atoms. The molecule has 16 heavy (non-hydrogen) atoms. The number of unbranched alkanes of at least 4 members (excludes halogenated alkanes) is 2. The van der Waals surface area contributed by atoms with E-state index in [1.807, 2.05) is 12.1 Å². The minimum absolute atomic E-state index is 0.532. The van der Waals surface area contributed by atoms with Crippen LogP contribution in [-0.4, -0.2) is 15.0 Å². The number of hydrogen-bond donors (Lipinski definition) is 1. The van der Waals surface area contributed by atoms with Crippen molar-refractivity contribution in [1.82, 2.24) is 15.0 Å². The predicted octanol–water partition coefficient (Wildman–Crippen LogP) is 2.34. The van der Waals surface area contributed by atoms with Crippen LogP contribution >= 0.6 is 0 Å². The number of aryl methyl sites for hydroxylation is 1. The van der Waals surface area contributed by atoms with E-state index in [0.717, 1.165) is 24.1 Å². The number of anilines is 1. The molecule has 0 fully saturated rings. The van der Waals surface area contributed by atoms with Crippen molar-refractivity contribution in [3.63, 3.8) is 0 Å². The fourth-order valence-corrected chi connectivity index (χ4v) is 1.68. The highest BCUT2D eigenvalue weighted by molar-refractivity contribution is 5.84. The summed E-state index contributed by atoms with van der Waals surface area (Å²) in [4.78, 5) is 12.9. The van der Waals surface area contributed by atoms with Gasteiger partial charge in [0.2, 0.25) is 0 Å². The van der Waals surface area contributed by atoms with Crippen molar-refractivity contribution in [2.24, 2.45) is 0 Å². The lowest BCUT2D eigenvalue weighted by molar-refractivity contribution is 0.696. The number of nitrogens with two attached hydrogens (primary N) is 1. The van der Waals surface area contributed by atoms with E-state index in [0.29, 0.717) is 11.5 Å². The highest BCUT2D eigenvalue weighted by Gasteiger charge is 2.04. The van der Waals surface area contributed by atoms with E-state index in [-0.39, 0.29) is 0 Å². The summed E-state index contributed by atoms with van der Waals surface area (Å²) in [6, 6.07) is 3.74. The monoisotopic (exact) mass is 216 g/mol. The van der Waals surface area contributed by atoms with E-state index in [1.165, 1.54) is 12.8 Å². The van der Waals surface area contributed by atoms with Crippen molar-refractivity contribution >= 4 is 16.9 Å². The molecular formula is C12H16N4. The van der Waals surface area contributed by atoms with Gasteiger partial charge < -0.3 is 5.73 Å². The Labute approximate surface area is 94.9 Å². The molecule has 2 aromatic rings. The Morgan fingerprint density at radius 1 is 1.25 bits per heavy atom. The third-order valence-electron chi connectivity index (χ3n) is 2.55. The molecule has 4 nitrogen and oxygen atoms in total. The smallest absolute Gasteiger partial charge is 0.164 e. The standard InChI is InChI=1S/C12H16N4/c1-2-3-4-7-10-15-11(13)9-6-5-8-14-12(9)16-10/h5-6,8H,2-4,7H2,1H3,(H2,13,14,15,16). The zero-order valence-corrected chi connectivity index (χ0v) is 9.48. The van der Waals surface area contributed by atoms with Crippen molar-refractivity contribution in [2.75, 3.05) is 5.73 Å². The van der Waals surface area contributed by atoms with Crippen LogP contribution in [0.2, 0.25) is 0 Å². The maximum atomic E-state index is 5.87. The third-order valence-corrected chi connectivity index (χ3v) is 2.55. The van der Waals surface area contributed by atoms with Crippen LogP contribution in [0.5, 0.6) is 0 Å². The first-order valence-electron chi connectivity index (χ1n) is 5.68. The van der Waals surface area contributed by atoms with Crippen LogP contribution in [0.4, 0.5) is 5.82 Å². The maximum Gasteiger partial charge on any atom is 0.164 e. The van der Waals surface area contributed by atoms with E-state index in [9.17, 15) is 0 Å². The molecule has 2 rings (SSSR count). The zero-order chi connectivity index (χ0) is 11.4. The number of hydrogen-bond acceptors (Lipinski definition) is 4. The summed E-state index contributed by atoms with van der Waals surface area (Å²) < 4.78 is 0. The molecule has 2 heterocycles. The van der Waals surface area contributed by atoms with Gasteiger partial charge >= 0.3 is 0 Å². The number of rotatable bonds is 4. The minimum atomic E-state index is 0.532. The minimum Gasteiger partial charge on any atom is -0.383 e. The summed E-state index contributed by atoms with van der Waals surface area (Å²) >= 11 is 0. The Hall–Kier alpha value is -1.71. The first-order chi connectivity index (χ1) is 7.81. The topological polar surface area (TPSA) is 64.7 Å². The molecule has 0 radical (unpaired) electrons. The largest absolute Gasteiger partial charge is 0.383 e. The summed E-state index contributed by atoms with van der Waals surface area (Å²) in [6.45, 7) is 2.18. The average Bonchev–Trinajstić information content (AvgIpc) is 2.30. The molecule has 0 aliphatic heterocycles. The van der Waals surface area contributed by atoms with Gasteiger partial charge in [0.25, 0.3) is 0 Å². The normalized spacial score (nSPS) is 10.8. The first kappa shape index (κ1) is 10.8. The van der Waals surface area contributed by atoms with Gasteiger partial charge in [0.15, 0.2) is 5.65 Å². The number of fused-ring (bicyclic) bond motifs is 1. The van der Waals surface area contributed by atoms with Crippen molar-refractivity contribution in [3.05, 3.63) is 24.2 Å². The van der Waals surface area contributed by atoms with Gasteiger partial charge in [-0.2, -0.15) is 0 Å². The lowest BCUT2D eigenvalue weighted by Crippen LogP contribution is -2.02. The van der Waals surface area contributed by atoms with Crippen LogP contribution in [0.3, 0.4) is 0 Å².